The van der Waals surface area contributed by atoms with Gasteiger partial charge in [-0.15, -0.1) is 0 Å². The Labute approximate surface area is 158 Å². The molecule has 3 fully saturated rings. The Morgan fingerprint density at radius 1 is 1.19 bits per heavy atom. The molecule has 0 radical (unpaired) electrons. The molecule has 9 heteroatoms. The number of likely N-dealkylation sites (tertiary alicyclic amines) is 1. The van der Waals surface area contributed by atoms with Gasteiger partial charge in [-0.25, -0.2) is 18.2 Å². The van der Waals surface area contributed by atoms with Crippen LogP contribution in [0.25, 0.3) is 0 Å². The zero-order valence-electron chi connectivity index (χ0n) is 15.3. The molecule has 0 spiro atoms. The van der Waals surface area contributed by atoms with E-state index in [1.54, 1.807) is 21.9 Å². The van der Waals surface area contributed by atoms with Crippen molar-refractivity contribution in [1.82, 2.24) is 19.8 Å². The van der Waals surface area contributed by atoms with E-state index in [0.29, 0.717) is 37.9 Å². The smallest absolute Gasteiger partial charge is 0.317 e. The summed E-state index contributed by atoms with van der Waals surface area (Å²) in [5.74, 6) is 1.01. The fourth-order valence-electron chi connectivity index (χ4n) is 3.95. The first-order valence-electron chi connectivity index (χ1n) is 9.72. The number of amides is 2. The van der Waals surface area contributed by atoms with Gasteiger partial charge in [0, 0.05) is 37.7 Å². The lowest BCUT2D eigenvalue weighted by molar-refractivity contribution is 0.162. The van der Waals surface area contributed by atoms with Crippen LogP contribution in [0.4, 0.5) is 4.79 Å². The predicted octanol–water partition coefficient (Wildman–Crippen LogP) is 0.729. The van der Waals surface area contributed by atoms with Gasteiger partial charge in [0.1, 0.15) is 0 Å². The quantitative estimate of drug-likeness (QED) is 0.811. The predicted molar refractivity (Wildman–Crippen MR) is 100 cm³/mol. The van der Waals surface area contributed by atoms with Crippen molar-refractivity contribution in [3.05, 3.63) is 28.4 Å². The Balaban J connectivity index is 1.26. The number of hydrogen-bond donors (Lipinski definition) is 1. The van der Waals surface area contributed by atoms with Crippen LogP contribution in [0.3, 0.4) is 0 Å². The van der Waals surface area contributed by atoms with Crippen molar-refractivity contribution in [2.45, 2.75) is 50.6 Å². The van der Waals surface area contributed by atoms with Gasteiger partial charge in [-0.1, -0.05) is 0 Å². The largest absolute Gasteiger partial charge is 0.334 e. The standard InChI is InChI=1S/C18H26N4O4S/c23-17-9-16(14-1-2-14)19-12-22(17)10-13-3-6-21(7-4-13)18(24)20-15-5-8-27(25,26)11-15/h9,12-15H,1-8,10-11H2,(H,20,24). The summed E-state index contributed by atoms with van der Waals surface area (Å²) >= 11 is 0. The molecule has 1 N–H and O–H groups in total. The van der Waals surface area contributed by atoms with E-state index in [-0.39, 0.29) is 29.1 Å². The van der Waals surface area contributed by atoms with E-state index < -0.39 is 9.84 Å². The number of urea groups is 1. The minimum atomic E-state index is -3.00. The molecule has 4 rings (SSSR count). The van der Waals surface area contributed by atoms with Gasteiger partial charge in [-0.05, 0) is 38.0 Å². The minimum Gasteiger partial charge on any atom is -0.334 e. The Bertz CT molecular complexity index is 870. The average Bonchev–Trinajstić information content (AvgIpc) is 3.42. The highest BCUT2D eigenvalue weighted by Crippen LogP contribution is 2.38. The lowest BCUT2D eigenvalue weighted by atomic mass is 9.97. The highest BCUT2D eigenvalue weighted by molar-refractivity contribution is 7.91. The van der Waals surface area contributed by atoms with Gasteiger partial charge in [0.2, 0.25) is 0 Å². The number of sulfone groups is 1. The van der Waals surface area contributed by atoms with Gasteiger partial charge in [-0.2, -0.15) is 0 Å². The molecule has 1 unspecified atom stereocenters. The molecular formula is C18H26N4O4S. The van der Waals surface area contributed by atoms with Crippen LogP contribution in [-0.4, -0.2) is 59.5 Å². The zero-order chi connectivity index (χ0) is 19.0. The van der Waals surface area contributed by atoms with Crippen LogP contribution in [0, 0.1) is 5.92 Å². The molecule has 0 bridgehead atoms. The van der Waals surface area contributed by atoms with E-state index in [2.05, 4.69) is 10.3 Å². The molecule has 3 heterocycles. The van der Waals surface area contributed by atoms with Crippen molar-refractivity contribution in [1.29, 1.82) is 0 Å². The molecule has 0 aromatic carbocycles. The Kier molecular flexibility index (Phi) is 4.96. The molecule has 1 aromatic heterocycles. The molecule has 27 heavy (non-hydrogen) atoms. The average molecular weight is 394 g/mol. The lowest BCUT2D eigenvalue weighted by Gasteiger charge is -2.32. The van der Waals surface area contributed by atoms with Crippen LogP contribution in [0.5, 0.6) is 0 Å². The van der Waals surface area contributed by atoms with Crippen molar-refractivity contribution in [3.8, 4) is 0 Å². The molecule has 1 aliphatic carbocycles. The summed E-state index contributed by atoms with van der Waals surface area (Å²) in [6.07, 6.45) is 6.07. The van der Waals surface area contributed by atoms with Crippen LogP contribution in [0.2, 0.25) is 0 Å². The number of carbonyl (C=O) groups excluding carboxylic acids is 1. The van der Waals surface area contributed by atoms with Gasteiger partial charge in [0.15, 0.2) is 9.84 Å². The van der Waals surface area contributed by atoms with E-state index in [0.717, 1.165) is 31.4 Å². The van der Waals surface area contributed by atoms with Crippen molar-refractivity contribution < 1.29 is 13.2 Å². The first-order chi connectivity index (χ1) is 12.9. The fraction of sp³-hybridized carbons (Fsp3) is 0.722. The lowest BCUT2D eigenvalue weighted by Crippen LogP contribution is -2.48. The third-order valence-electron chi connectivity index (χ3n) is 5.81. The summed E-state index contributed by atoms with van der Waals surface area (Å²) in [5, 5.41) is 2.84. The minimum absolute atomic E-state index is 0.00881. The number of piperidine rings is 1. The van der Waals surface area contributed by atoms with Crippen molar-refractivity contribution in [3.63, 3.8) is 0 Å². The SMILES string of the molecule is O=C(NC1CCS(=O)(=O)C1)N1CCC(Cn2cnc(C3CC3)cc2=O)CC1. The Morgan fingerprint density at radius 3 is 2.52 bits per heavy atom. The van der Waals surface area contributed by atoms with Gasteiger partial charge >= 0.3 is 6.03 Å². The normalized spacial score (nSPS) is 25.5. The highest BCUT2D eigenvalue weighted by atomic mass is 32.2. The first kappa shape index (κ1) is 18.5. The van der Waals surface area contributed by atoms with E-state index in [9.17, 15) is 18.0 Å². The number of nitrogens with zero attached hydrogens (tertiary/aromatic N) is 3. The molecule has 3 aliphatic rings. The third-order valence-corrected chi connectivity index (χ3v) is 7.58. The summed E-state index contributed by atoms with van der Waals surface area (Å²) in [4.78, 5) is 30.8. The summed E-state index contributed by atoms with van der Waals surface area (Å²) < 4.78 is 24.7. The van der Waals surface area contributed by atoms with Crippen molar-refractivity contribution in [2.75, 3.05) is 24.6 Å². The Morgan fingerprint density at radius 2 is 1.93 bits per heavy atom. The second kappa shape index (κ2) is 7.26. The van der Waals surface area contributed by atoms with Gasteiger partial charge in [0.25, 0.3) is 5.56 Å². The molecular weight excluding hydrogens is 368 g/mol. The topological polar surface area (TPSA) is 101 Å². The summed E-state index contributed by atoms with van der Waals surface area (Å²) in [5.41, 5.74) is 0.922. The number of rotatable bonds is 4. The van der Waals surface area contributed by atoms with Crippen LogP contribution in [-0.2, 0) is 16.4 Å². The zero-order valence-corrected chi connectivity index (χ0v) is 16.2. The molecule has 1 atom stereocenters. The first-order valence-corrected chi connectivity index (χ1v) is 11.5. The number of hydrogen-bond acceptors (Lipinski definition) is 5. The molecule has 8 nitrogen and oxygen atoms in total. The second-order valence-electron chi connectivity index (χ2n) is 8.06. The molecule has 2 saturated heterocycles. The maximum atomic E-state index is 12.3. The number of carbonyl (C=O) groups is 1. The van der Waals surface area contributed by atoms with Gasteiger partial charge < -0.3 is 10.2 Å². The maximum absolute atomic E-state index is 12.3. The third kappa shape index (κ3) is 4.51. The summed E-state index contributed by atoms with van der Waals surface area (Å²) in [6, 6.07) is 1.22. The van der Waals surface area contributed by atoms with Crippen LogP contribution in [0.1, 0.15) is 43.7 Å². The second-order valence-corrected chi connectivity index (χ2v) is 10.3. The molecule has 1 aromatic rings. The number of nitrogens with one attached hydrogen (secondary N) is 1. The van der Waals surface area contributed by atoms with E-state index >= 15 is 0 Å². The number of aromatic nitrogens is 2. The van der Waals surface area contributed by atoms with Crippen LogP contribution < -0.4 is 10.9 Å². The van der Waals surface area contributed by atoms with E-state index in [4.69, 9.17) is 0 Å². The molecule has 148 valence electrons. The molecule has 2 aliphatic heterocycles. The summed E-state index contributed by atoms with van der Waals surface area (Å²) in [6.45, 7) is 1.88. The van der Waals surface area contributed by atoms with Gasteiger partial charge in [-0.3, -0.25) is 9.36 Å². The highest BCUT2D eigenvalue weighted by Gasteiger charge is 2.31. The monoisotopic (exact) mass is 394 g/mol. The van der Waals surface area contributed by atoms with E-state index in [1.165, 1.54) is 0 Å². The van der Waals surface area contributed by atoms with Crippen molar-refractivity contribution in [2.24, 2.45) is 5.92 Å². The Hall–Kier alpha value is -1.90. The molecule has 2 amide bonds. The van der Waals surface area contributed by atoms with Crippen LogP contribution >= 0.6 is 0 Å². The van der Waals surface area contributed by atoms with Gasteiger partial charge in [0.05, 0.1) is 23.5 Å². The van der Waals surface area contributed by atoms with Crippen LogP contribution in [0.15, 0.2) is 17.2 Å². The van der Waals surface area contributed by atoms with E-state index in [1.807, 2.05) is 0 Å². The summed E-state index contributed by atoms with van der Waals surface area (Å²) in [7, 11) is -3.00. The molecule has 1 saturated carbocycles. The maximum Gasteiger partial charge on any atom is 0.317 e. The fourth-order valence-corrected chi connectivity index (χ4v) is 5.62. The van der Waals surface area contributed by atoms with Crippen molar-refractivity contribution >= 4 is 15.9 Å².